The van der Waals surface area contributed by atoms with E-state index in [0.29, 0.717) is 31.6 Å². The second kappa shape index (κ2) is 6.76. The number of aromatic amines is 1. The van der Waals surface area contributed by atoms with Gasteiger partial charge in [0.1, 0.15) is 5.82 Å². The van der Waals surface area contributed by atoms with Gasteiger partial charge in [0.15, 0.2) is 0 Å². The fourth-order valence-electron chi connectivity index (χ4n) is 2.96. The number of carboxylic acid groups (broad SMARTS) is 1. The fourth-order valence-corrected chi connectivity index (χ4v) is 2.96. The second-order valence-electron chi connectivity index (χ2n) is 6.00. The summed E-state index contributed by atoms with van der Waals surface area (Å²) in [7, 11) is 0. The summed E-state index contributed by atoms with van der Waals surface area (Å²) in [5.41, 5.74) is -1.03. The Morgan fingerprint density at radius 3 is 2.91 bits per heavy atom. The molecule has 1 aromatic heterocycles. The van der Waals surface area contributed by atoms with Crippen LogP contribution in [0.25, 0.3) is 0 Å². The molecule has 0 aliphatic carbocycles. The number of likely N-dealkylation sites (tertiary alicyclic amines) is 1. The van der Waals surface area contributed by atoms with E-state index in [9.17, 15) is 19.5 Å². The van der Waals surface area contributed by atoms with E-state index in [4.69, 9.17) is 0 Å². The first-order valence-corrected chi connectivity index (χ1v) is 7.55. The summed E-state index contributed by atoms with van der Waals surface area (Å²) in [6.07, 6.45) is 4.35. The number of H-pyrrole nitrogens is 1. The highest BCUT2D eigenvalue weighted by Gasteiger charge is 2.42. The highest BCUT2D eigenvalue weighted by Crippen LogP contribution is 2.34. The molecule has 7 heteroatoms. The van der Waals surface area contributed by atoms with Crippen LogP contribution >= 0.6 is 0 Å². The molecule has 23 heavy (non-hydrogen) atoms. The van der Waals surface area contributed by atoms with Crippen LogP contribution in [0.15, 0.2) is 23.6 Å². The van der Waals surface area contributed by atoms with Crippen molar-refractivity contribution in [3.8, 4) is 0 Å². The van der Waals surface area contributed by atoms with E-state index >= 15 is 0 Å². The van der Waals surface area contributed by atoms with Crippen molar-refractivity contribution in [3.63, 3.8) is 0 Å². The lowest BCUT2D eigenvalue weighted by Gasteiger charge is -2.39. The van der Waals surface area contributed by atoms with Crippen molar-refractivity contribution in [2.75, 3.05) is 13.1 Å². The molecular formula is C16H21N3O4. The third-order valence-corrected chi connectivity index (χ3v) is 4.26. The number of nitrogens with one attached hydrogen (secondary N) is 1. The van der Waals surface area contributed by atoms with Crippen LogP contribution in [0.1, 0.15) is 30.7 Å². The van der Waals surface area contributed by atoms with Crippen molar-refractivity contribution in [1.29, 1.82) is 0 Å². The predicted octanol–water partition coefficient (Wildman–Crippen LogP) is 0.890. The molecule has 1 fully saturated rings. The molecule has 1 saturated heterocycles. The van der Waals surface area contributed by atoms with Crippen LogP contribution in [0.5, 0.6) is 0 Å². The number of carbonyl (C=O) groups excluding carboxylic acids is 1. The lowest BCUT2D eigenvalue weighted by Crippen LogP contribution is -2.50. The number of rotatable bonds is 5. The Kier molecular flexibility index (Phi) is 4.98. The van der Waals surface area contributed by atoms with Crippen molar-refractivity contribution in [2.45, 2.75) is 32.6 Å². The maximum Gasteiger partial charge on any atom is 0.311 e. The zero-order valence-corrected chi connectivity index (χ0v) is 13.2. The Hall–Kier alpha value is -2.44. The minimum atomic E-state index is -0.979. The van der Waals surface area contributed by atoms with Crippen LogP contribution in [-0.2, 0) is 16.0 Å². The van der Waals surface area contributed by atoms with Crippen LogP contribution in [0.4, 0.5) is 0 Å². The molecule has 1 aliphatic heterocycles. The number of amides is 1. The van der Waals surface area contributed by atoms with Gasteiger partial charge < -0.3 is 15.0 Å². The number of aromatic nitrogens is 2. The van der Waals surface area contributed by atoms with Gasteiger partial charge in [-0.05, 0) is 26.2 Å². The first kappa shape index (κ1) is 16.9. The molecule has 2 heterocycles. The first-order chi connectivity index (χ1) is 10.9. The van der Waals surface area contributed by atoms with E-state index in [1.165, 1.54) is 11.1 Å². The van der Waals surface area contributed by atoms with Crippen molar-refractivity contribution in [2.24, 2.45) is 5.41 Å². The third kappa shape index (κ3) is 3.67. The maximum absolute atomic E-state index is 12.4. The zero-order valence-electron chi connectivity index (χ0n) is 13.2. The summed E-state index contributed by atoms with van der Waals surface area (Å²) < 4.78 is 0. The molecule has 1 aliphatic rings. The van der Waals surface area contributed by atoms with E-state index in [0.717, 1.165) is 0 Å². The molecule has 124 valence electrons. The highest BCUT2D eigenvalue weighted by atomic mass is 16.4. The molecule has 0 spiro atoms. The van der Waals surface area contributed by atoms with Crippen molar-refractivity contribution in [3.05, 3.63) is 40.6 Å². The molecule has 1 aromatic rings. The number of nitrogens with zero attached hydrogens (tertiary/aromatic N) is 2. The van der Waals surface area contributed by atoms with Gasteiger partial charge in [0.05, 0.1) is 11.8 Å². The molecule has 0 bridgehead atoms. The van der Waals surface area contributed by atoms with Crippen molar-refractivity contribution >= 4 is 11.9 Å². The topological polar surface area (TPSA) is 103 Å². The molecule has 0 saturated carbocycles. The summed E-state index contributed by atoms with van der Waals surface area (Å²) in [5.74, 6) is -0.680. The molecule has 2 rings (SSSR count). The average Bonchev–Trinajstić information content (AvgIpc) is 2.50. The van der Waals surface area contributed by atoms with Crippen LogP contribution < -0.4 is 5.56 Å². The molecule has 1 atom stereocenters. The minimum Gasteiger partial charge on any atom is -0.481 e. The average molecular weight is 319 g/mol. The van der Waals surface area contributed by atoms with Gasteiger partial charge in [-0.1, -0.05) is 6.08 Å². The maximum atomic E-state index is 12.4. The smallest absolute Gasteiger partial charge is 0.311 e. The molecule has 0 radical (unpaired) electrons. The van der Waals surface area contributed by atoms with Crippen LogP contribution in [-0.4, -0.2) is 44.9 Å². The van der Waals surface area contributed by atoms with Gasteiger partial charge in [-0.2, -0.15) is 0 Å². The summed E-state index contributed by atoms with van der Waals surface area (Å²) >= 11 is 0. The molecule has 7 nitrogen and oxygen atoms in total. The number of aryl methyl sites for hydroxylation is 1. The predicted molar refractivity (Wildman–Crippen MR) is 84.0 cm³/mol. The number of allylic oxidation sites excluding steroid dienone is 1. The molecule has 1 amide bonds. The Balaban J connectivity index is 2.14. The number of carbonyl (C=O) groups is 2. The lowest BCUT2D eigenvalue weighted by atomic mass is 9.77. The standard InChI is InChI=1S/C16H21N3O4/c1-3-5-16(15(22)23)6-4-7-19(10-16)13(20)8-12-9-17-11(2)18-14(12)21/h3,9H,1,4-8,10H2,2H3,(H,22,23)(H,17,18,21)/t16-/m1/s1. The van der Waals surface area contributed by atoms with E-state index in [1.54, 1.807) is 13.0 Å². The van der Waals surface area contributed by atoms with Gasteiger partial charge >= 0.3 is 5.97 Å². The van der Waals surface area contributed by atoms with Gasteiger partial charge in [0.2, 0.25) is 5.91 Å². The molecule has 0 aromatic carbocycles. The van der Waals surface area contributed by atoms with Gasteiger partial charge in [-0.15, -0.1) is 6.58 Å². The van der Waals surface area contributed by atoms with E-state index in [1.807, 2.05) is 0 Å². The lowest BCUT2D eigenvalue weighted by molar-refractivity contribution is -0.154. The highest BCUT2D eigenvalue weighted by molar-refractivity contribution is 5.81. The first-order valence-electron chi connectivity index (χ1n) is 7.55. The summed E-state index contributed by atoms with van der Waals surface area (Å²) in [6.45, 7) is 5.93. The summed E-state index contributed by atoms with van der Waals surface area (Å²) in [6, 6.07) is 0. The second-order valence-corrected chi connectivity index (χ2v) is 6.00. The van der Waals surface area contributed by atoms with Gasteiger partial charge in [-0.25, -0.2) is 4.98 Å². The van der Waals surface area contributed by atoms with Crippen molar-refractivity contribution in [1.82, 2.24) is 14.9 Å². The Morgan fingerprint density at radius 2 is 2.30 bits per heavy atom. The number of hydrogen-bond donors (Lipinski definition) is 2. The Labute approximate surface area is 134 Å². The quantitative estimate of drug-likeness (QED) is 0.785. The van der Waals surface area contributed by atoms with Crippen LogP contribution in [0.3, 0.4) is 0 Å². The monoisotopic (exact) mass is 319 g/mol. The zero-order chi connectivity index (χ0) is 17.0. The van der Waals surface area contributed by atoms with E-state index in [2.05, 4.69) is 16.5 Å². The largest absolute Gasteiger partial charge is 0.481 e. The van der Waals surface area contributed by atoms with Gasteiger partial charge in [-0.3, -0.25) is 14.4 Å². The number of hydrogen-bond acceptors (Lipinski definition) is 4. The number of aliphatic carboxylic acids is 1. The molecular weight excluding hydrogens is 298 g/mol. The Morgan fingerprint density at radius 1 is 1.57 bits per heavy atom. The van der Waals surface area contributed by atoms with Crippen LogP contribution in [0, 0.1) is 12.3 Å². The molecule has 2 N–H and O–H groups in total. The van der Waals surface area contributed by atoms with Gasteiger partial charge in [0.25, 0.3) is 5.56 Å². The fraction of sp³-hybridized carbons (Fsp3) is 0.500. The molecule has 0 unspecified atom stereocenters. The minimum absolute atomic E-state index is 0.0770. The SMILES string of the molecule is C=CC[C@@]1(C(=O)O)CCCN(C(=O)Cc2cnc(C)[nH]c2=O)C1. The van der Waals surface area contributed by atoms with E-state index in [-0.39, 0.29) is 30.0 Å². The van der Waals surface area contributed by atoms with Crippen molar-refractivity contribution < 1.29 is 14.7 Å². The Bertz CT molecular complexity index is 682. The summed E-state index contributed by atoms with van der Waals surface area (Å²) in [5, 5.41) is 9.53. The van der Waals surface area contributed by atoms with Gasteiger partial charge in [0, 0.05) is 24.8 Å². The van der Waals surface area contributed by atoms with E-state index < -0.39 is 11.4 Å². The summed E-state index contributed by atoms with van der Waals surface area (Å²) in [4.78, 5) is 44.0. The van der Waals surface area contributed by atoms with Crippen LogP contribution in [0.2, 0.25) is 0 Å². The number of piperidine rings is 1. The third-order valence-electron chi connectivity index (χ3n) is 4.26. The normalized spacial score (nSPS) is 21.0. The number of carboxylic acids is 1.